The van der Waals surface area contributed by atoms with Crippen LogP contribution >= 0.6 is 0 Å². The quantitative estimate of drug-likeness (QED) is 0.826. The average Bonchev–Trinajstić information content (AvgIpc) is 3.29. The third-order valence-corrected chi connectivity index (χ3v) is 5.33. The molecule has 0 aromatic heterocycles. The van der Waals surface area contributed by atoms with Crippen LogP contribution in [0, 0.1) is 0 Å². The Bertz CT molecular complexity index is 690. The SMILES string of the molecule is Nc1ccc(N2CCN(C(=O)C(F)(F)F)[C@@H]3COC[C@@H]32)cc1C1CC1. The maximum atomic E-state index is 12.8. The van der Waals surface area contributed by atoms with Gasteiger partial charge in [-0.2, -0.15) is 13.2 Å². The molecule has 0 spiro atoms. The number of nitrogens with two attached hydrogens (primary N) is 1. The first-order chi connectivity index (χ1) is 11.9. The van der Waals surface area contributed by atoms with Crippen LogP contribution in [0.1, 0.15) is 24.3 Å². The second-order valence-corrected chi connectivity index (χ2v) is 6.95. The molecule has 8 heteroatoms. The van der Waals surface area contributed by atoms with Crippen LogP contribution < -0.4 is 10.6 Å². The molecule has 1 amide bonds. The molecule has 1 saturated carbocycles. The second-order valence-electron chi connectivity index (χ2n) is 6.95. The molecule has 0 radical (unpaired) electrons. The molecule has 3 fully saturated rings. The molecule has 2 saturated heterocycles. The van der Waals surface area contributed by atoms with Gasteiger partial charge in [0.25, 0.3) is 0 Å². The molecule has 0 unspecified atom stereocenters. The van der Waals surface area contributed by atoms with Gasteiger partial charge in [-0.1, -0.05) is 0 Å². The van der Waals surface area contributed by atoms with Crippen LogP contribution in [-0.4, -0.2) is 55.4 Å². The number of hydrogen-bond acceptors (Lipinski definition) is 4. The van der Waals surface area contributed by atoms with Crippen molar-refractivity contribution < 1.29 is 22.7 Å². The van der Waals surface area contributed by atoms with Gasteiger partial charge >= 0.3 is 12.1 Å². The third-order valence-electron chi connectivity index (χ3n) is 5.33. The van der Waals surface area contributed by atoms with E-state index in [1.165, 1.54) is 0 Å². The molecule has 5 nitrogen and oxygen atoms in total. The van der Waals surface area contributed by atoms with Gasteiger partial charge in [0, 0.05) is 24.5 Å². The van der Waals surface area contributed by atoms with Gasteiger partial charge in [-0.25, -0.2) is 0 Å². The van der Waals surface area contributed by atoms with Crippen molar-refractivity contribution in [3.05, 3.63) is 23.8 Å². The molecule has 1 aromatic rings. The maximum Gasteiger partial charge on any atom is 0.471 e. The van der Waals surface area contributed by atoms with E-state index in [1.807, 2.05) is 18.2 Å². The summed E-state index contributed by atoms with van der Waals surface area (Å²) < 4.78 is 44.0. The molecule has 2 heterocycles. The zero-order valence-corrected chi connectivity index (χ0v) is 13.6. The summed E-state index contributed by atoms with van der Waals surface area (Å²) in [6.45, 7) is 0.829. The summed E-state index contributed by atoms with van der Waals surface area (Å²) in [5.41, 5.74) is 8.87. The van der Waals surface area contributed by atoms with Crippen molar-refractivity contribution in [2.24, 2.45) is 0 Å². The number of ether oxygens (including phenoxy) is 1. The van der Waals surface area contributed by atoms with Crippen molar-refractivity contribution >= 4 is 17.3 Å². The predicted octanol–water partition coefficient (Wildman–Crippen LogP) is 2.12. The topological polar surface area (TPSA) is 58.8 Å². The third kappa shape index (κ3) is 2.92. The van der Waals surface area contributed by atoms with Crippen LogP contribution in [0.2, 0.25) is 0 Å². The minimum Gasteiger partial charge on any atom is -0.398 e. The first-order valence-electron chi connectivity index (χ1n) is 8.48. The number of hydrogen-bond donors (Lipinski definition) is 1. The fourth-order valence-electron chi connectivity index (χ4n) is 3.90. The predicted molar refractivity (Wildman–Crippen MR) is 86.3 cm³/mol. The molecule has 2 aliphatic heterocycles. The van der Waals surface area contributed by atoms with Gasteiger partial charge in [0.1, 0.15) is 0 Å². The number of nitrogens with zero attached hydrogens (tertiary/aromatic N) is 2. The van der Waals surface area contributed by atoms with Crippen molar-refractivity contribution in [3.63, 3.8) is 0 Å². The Morgan fingerprint density at radius 3 is 2.56 bits per heavy atom. The Kier molecular flexibility index (Phi) is 3.82. The molecule has 0 bridgehead atoms. The number of piperazine rings is 1. The number of rotatable bonds is 2. The monoisotopic (exact) mass is 355 g/mol. The smallest absolute Gasteiger partial charge is 0.398 e. The lowest BCUT2D eigenvalue weighted by molar-refractivity contribution is -0.188. The van der Waals surface area contributed by atoms with Gasteiger partial charge in [0.2, 0.25) is 0 Å². The number of anilines is 2. The molecule has 1 aromatic carbocycles. The van der Waals surface area contributed by atoms with Crippen LogP contribution in [0.15, 0.2) is 18.2 Å². The van der Waals surface area contributed by atoms with E-state index in [2.05, 4.69) is 4.90 Å². The van der Waals surface area contributed by atoms with Crippen LogP contribution in [0.4, 0.5) is 24.5 Å². The van der Waals surface area contributed by atoms with Crippen LogP contribution in [0.3, 0.4) is 0 Å². The van der Waals surface area contributed by atoms with E-state index in [9.17, 15) is 18.0 Å². The molecule has 1 aliphatic carbocycles. The fourth-order valence-corrected chi connectivity index (χ4v) is 3.90. The highest BCUT2D eigenvalue weighted by Crippen LogP contribution is 2.44. The van der Waals surface area contributed by atoms with E-state index in [0.717, 1.165) is 34.7 Å². The number of nitrogen functional groups attached to an aromatic ring is 1. The van der Waals surface area contributed by atoms with Gasteiger partial charge in [-0.3, -0.25) is 4.79 Å². The number of carbonyl (C=O) groups is 1. The summed E-state index contributed by atoms with van der Waals surface area (Å²) in [5.74, 6) is -1.28. The first kappa shape index (κ1) is 16.5. The Labute approximate surface area is 143 Å². The number of benzene rings is 1. The lowest BCUT2D eigenvalue weighted by Gasteiger charge is -2.44. The second kappa shape index (κ2) is 5.79. The van der Waals surface area contributed by atoms with Crippen molar-refractivity contribution in [1.29, 1.82) is 0 Å². The van der Waals surface area contributed by atoms with Gasteiger partial charge < -0.3 is 20.3 Å². The zero-order valence-electron chi connectivity index (χ0n) is 13.6. The molecule has 25 heavy (non-hydrogen) atoms. The van der Waals surface area contributed by atoms with E-state index in [0.29, 0.717) is 19.1 Å². The number of fused-ring (bicyclic) bond motifs is 1. The normalized spacial score (nSPS) is 26.7. The van der Waals surface area contributed by atoms with E-state index in [1.54, 1.807) is 0 Å². The minimum atomic E-state index is -4.85. The summed E-state index contributed by atoms with van der Waals surface area (Å²) in [5, 5.41) is 0. The molecule has 136 valence electrons. The van der Waals surface area contributed by atoms with Crippen molar-refractivity contribution in [2.45, 2.75) is 37.0 Å². The lowest BCUT2D eigenvalue weighted by Crippen LogP contribution is -2.62. The summed E-state index contributed by atoms with van der Waals surface area (Å²) in [6, 6.07) is 4.96. The van der Waals surface area contributed by atoms with E-state index in [-0.39, 0.29) is 19.2 Å². The van der Waals surface area contributed by atoms with E-state index >= 15 is 0 Å². The van der Waals surface area contributed by atoms with Gasteiger partial charge in [-0.05, 0) is 42.5 Å². The summed E-state index contributed by atoms with van der Waals surface area (Å²) in [6.07, 6.45) is -2.61. The van der Waals surface area contributed by atoms with Crippen molar-refractivity contribution in [3.8, 4) is 0 Å². The molecule has 2 atom stereocenters. The number of amides is 1. The Hall–Kier alpha value is -1.96. The number of alkyl halides is 3. The first-order valence-corrected chi connectivity index (χ1v) is 8.48. The average molecular weight is 355 g/mol. The van der Waals surface area contributed by atoms with Crippen molar-refractivity contribution in [1.82, 2.24) is 4.90 Å². The van der Waals surface area contributed by atoms with Gasteiger partial charge in [-0.15, -0.1) is 0 Å². The summed E-state index contributed by atoms with van der Waals surface area (Å²) >= 11 is 0. The van der Waals surface area contributed by atoms with Crippen LogP contribution in [0.5, 0.6) is 0 Å². The maximum absolute atomic E-state index is 12.8. The van der Waals surface area contributed by atoms with Gasteiger partial charge in [0.15, 0.2) is 0 Å². The molecule has 2 N–H and O–H groups in total. The van der Waals surface area contributed by atoms with Crippen LogP contribution in [-0.2, 0) is 9.53 Å². The Balaban J connectivity index is 1.59. The standard InChI is InChI=1S/C17H20F3N3O2/c18-17(19,20)16(24)23-6-5-22(14-8-25-9-15(14)23)11-3-4-13(21)12(7-11)10-1-2-10/h3-4,7,10,14-15H,1-2,5-6,8-9,21H2/t14-,15+/m0/s1. The van der Waals surface area contributed by atoms with Gasteiger partial charge in [0.05, 0.1) is 25.3 Å². The molecular weight excluding hydrogens is 335 g/mol. The highest BCUT2D eigenvalue weighted by molar-refractivity contribution is 5.82. The number of halogens is 3. The molecular formula is C17H20F3N3O2. The fraction of sp³-hybridized carbons (Fsp3) is 0.588. The van der Waals surface area contributed by atoms with E-state index < -0.39 is 18.1 Å². The summed E-state index contributed by atoms with van der Waals surface area (Å²) in [7, 11) is 0. The largest absolute Gasteiger partial charge is 0.471 e. The van der Waals surface area contributed by atoms with Crippen molar-refractivity contribution in [2.75, 3.05) is 36.9 Å². The highest BCUT2D eigenvalue weighted by atomic mass is 19.4. The highest BCUT2D eigenvalue weighted by Gasteiger charge is 2.50. The zero-order chi connectivity index (χ0) is 17.8. The van der Waals surface area contributed by atoms with Crippen LogP contribution in [0.25, 0.3) is 0 Å². The minimum absolute atomic E-state index is 0.0337. The lowest BCUT2D eigenvalue weighted by atomic mass is 10.0. The van der Waals surface area contributed by atoms with E-state index in [4.69, 9.17) is 10.5 Å². The Morgan fingerprint density at radius 2 is 1.88 bits per heavy atom. The molecule has 3 aliphatic rings. The summed E-state index contributed by atoms with van der Waals surface area (Å²) in [4.78, 5) is 14.7. The Morgan fingerprint density at radius 1 is 1.16 bits per heavy atom. The number of carbonyl (C=O) groups excluding carboxylic acids is 1. The molecule has 4 rings (SSSR count).